The molecule has 0 saturated heterocycles. The molecule has 0 radical (unpaired) electrons. The first kappa shape index (κ1) is 17.6. The van der Waals surface area contributed by atoms with Crippen LogP contribution in [0.15, 0.2) is 18.2 Å². The third-order valence-electron chi connectivity index (χ3n) is 2.40. The first-order valence-corrected chi connectivity index (χ1v) is 7.00. The summed E-state index contributed by atoms with van der Waals surface area (Å²) in [7, 11) is 0. The number of carboxylic acid groups (broad SMARTS) is 1. The maximum atomic E-state index is 11.8. The quantitative estimate of drug-likeness (QED) is 0.871. The molecule has 0 aromatic heterocycles. The molecule has 0 aliphatic carbocycles. The van der Waals surface area contributed by atoms with Crippen molar-refractivity contribution >= 4 is 35.3 Å². The minimum atomic E-state index is -1.08. The first-order chi connectivity index (χ1) is 9.58. The van der Waals surface area contributed by atoms with Crippen LogP contribution in [0.4, 0.5) is 4.79 Å². The van der Waals surface area contributed by atoms with E-state index >= 15 is 0 Å². The van der Waals surface area contributed by atoms with Gasteiger partial charge >= 0.3 is 12.1 Å². The number of alkyl carbamates (subject to hydrolysis) is 1. The number of carboxylic acids is 1. The molecule has 0 bridgehead atoms. The van der Waals surface area contributed by atoms with E-state index < -0.39 is 23.7 Å². The van der Waals surface area contributed by atoms with E-state index in [9.17, 15) is 9.59 Å². The number of halogens is 2. The second-order valence-electron chi connectivity index (χ2n) is 5.46. The monoisotopic (exact) mass is 333 g/mol. The standard InChI is InChI=1S/C14H17Cl2NO4/c1-14(2,3)21-13(20)17-11(7-12(18)19)9-6-8(15)4-5-10(9)16/h4-6,11H,7H2,1-3H3,(H,17,20)(H,18,19)/t11-/m1/s1. The first-order valence-electron chi connectivity index (χ1n) is 6.25. The van der Waals surface area contributed by atoms with Gasteiger partial charge in [-0.3, -0.25) is 4.79 Å². The van der Waals surface area contributed by atoms with Crippen molar-refractivity contribution in [2.75, 3.05) is 0 Å². The minimum Gasteiger partial charge on any atom is -0.481 e. The number of hydrogen-bond acceptors (Lipinski definition) is 3. The molecular formula is C14H17Cl2NO4. The number of ether oxygens (including phenoxy) is 1. The highest BCUT2D eigenvalue weighted by atomic mass is 35.5. The average Bonchev–Trinajstić information content (AvgIpc) is 2.28. The summed E-state index contributed by atoms with van der Waals surface area (Å²) in [6.07, 6.45) is -1.05. The van der Waals surface area contributed by atoms with Gasteiger partial charge in [-0.25, -0.2) is 4.79 Å². The maximum absolute atomic E-state index is 11.8. The van der Waals surface area contributed by atoms with Gasteiger partial charge in [0.15, 0.2) is 0 Å². The summed E-state index contributed by atoms with van der Waals surface area (Å²) < 4.78 is 5.12. The Morgan fingerprint density at radius 1 is 1.33 bits per heavy atom. The molecule has 5 nitrogen and oxygen atoms in total. The molecule has 2 N–H and O–H groups in total. The van der Waals surface area contributed by atoms with Crippen molar-refractivity contribution in [1.82, 2.24) is 5.32 Å². The molecule has 0 aliphatic heterocycles. The highest BCUT2D eigenvalue weighted by Crippen LogP contribution is 2.28. The number of rotatable bonds is 4. The maximum Gasteiger partial charge on any atom is 0.408 e. The Morgan fingerprint density at radius 3 is 2.48 bits per heavy atom. The molecule has 1 aromatic rings. The van der Waals surface area contributed by atoms with Crippen molar-refractivity contribution < 1.29 is 19.4 Å². The summed E-state index contributed by atoms with van der Waals surface area (Å²) in [5, 5.41) is 12.2. The summed E-state index contributed by atoms with van der Waals surface area (Å²) in [6, 6.07) is 3.82. The largest absolute Gasteiger partial charge is 0.481 e. The van der Waals surface area contributed by atoms with Crippen LogP contribution in [0.5, 0.6) is 0 Å². The van der Waals surface area contributed by atoms with Crippen molar-refractivity contribution in [3.05, 3.63) is 33.8 Å². The van der Waals surface area contributed by atoms with E-state index in [4.69, 9.17) is 33.0 Å². The van der Waals surface area contributed by atoms with Crippen LogP contribution in [0.3, 0.4) is 0 Å². The Kier molecular flexibility index (Phi) is 5.87. The van der Waals surface area contributed by atoms with E-state index in [0.717, 1.165) is 0 Å². The third kappa shape index (κ3) is 6.23. The van der Waals surface area contributed by atoms with Crippen molar-refractivity contribution in [3.8, 4) is 0 Å². The SMILES string of the molecule is CC(C)(C)OC(=O)N[C@H](CC(=O)O)c1cc(Cl)ccc1Cl. The number of hydrogen-bond donors (Lipinski definition) is 2. The van der Waals surface area contributed by atoms with E-state index in [1.54, 1.807) is 32.9 Å². The minimum absolute atomic E-state index is 0.321. The van der Waals surface area contributed by atoms with Crippen LogP contribution in [-0.4, -0.2) is 22.8 Å². The Bertz CT molecular complexity index is 540. The van der Waals surface area contributed by atoms with Crippen LogP contribution in [0, 0.1) is 0 Å². The van der Waals surface area contributed by atoms with E-state index in [1.807, 2.05) is 0 Å². The fourth-order valence-electron chi connectivity index (χ4n) is 1.64. The van der Waals surface area contributed by atoms with Crippen molar-refractivity contribution in [2.24, 2.45) is 0 Å². The Hall–Kier alpha value is -1.46. The fourth-order valence-corrected chi connectivity index (χ4v) is 2.07. The molecule has 1 atom stereocenters. The number of amides is 1. The molecule has 1 rings (SSSR count). The molecule has 0 spiro atoms. The van der Waals surface area contributed by atoms with Crippen molar-refractivity contribution in [3.63, 3.8) is 0 Å². The summed E-state index contributed by atoms with van der Waals surface area (Å²) in [6.45, 7) is 5.14. The molecule has 0 unspecified atom stereocenters. The van der Waals surface area contributed by atoms with Gasteiger partial charge in [-0.2, -0.15) is 0 Å². The molecule has 0 saturated carbocycles. The van der Waals surface area contributed by atoms with Gasteiger partial charge < -0.3 is 15.2 Å². The molecule has 7 heteroatoms. The lowest BCUT2D eigenvalue weighted by Crippen LogP contribution is -2.35. The second-order valence-corrected chi connectivity index (χ2v) is 6.31. The van der Waals surface area contributed by atoms with Gasteiger partial charge in [0.05, 0.1) is 12.5 Å². The predicted molar refractivity (Wildman–Crippen MR) is 80.8 cm³/mol. The highest BCUT2D eigenvalue weighted by Gasteiger charge is 2.24. The lowest BCUT2D eigenvalue weighted by molar-refractivity contribution is -0.137. The number of benzene rings is 1. The normalized spacial score (nSPS) is 12.6. The van der Waals surface area contributed by atoms with E-state index in [1.165, 1.54) is 6.07 Å². The molecule has 0 heterocycles. The average molecular weight is 334 g/mol. The Labute approximate surface area is 133 Å². The zero-order valence-corrected chi connectivity index (χ0v) is 13.5. The molecule has 0 aliphatic rings. The molecule has 1 aromatic carbocycles. The number of aliphatic carboxylic acids is 1. The zero-order chi connectivity index (χ0) is 16.2. The van der Waals surface area contributed by atoms with E-state index in [0.29, 0.717) is 15.6 Å². The van der Waals surface area contributed by atoms with Gasteiger partial charge in [-0.1, -0.05) is 23.2 Å². The second kappa shape index (κ2) is 7.00. The molecule has 1 amide bonds. The summed E-state index contributed by atoms with van der Waals surface area (Å²) in [5.74, 6) is -1.08. The lowest BCUT2D eigenvalue weighted by atomic mass is 10.0. The van der Waals surface area contributed by atoms with Crippen LogP contribution in [0.25, 0.3) is 0 Å². The fraction of sp³-hybridized carbons (Fsp3) is 0.429. The van der Waals surface area contributed by atoms with Crippen LogP contribution >= 0.6 is 23.2 Å². The van der Waals surface area contributed by atoms with Crippen molar-refractivity contribution in [1.29, 1.82) is 0 Å². The molecule has 116 valence electrons. The Balaban J connectivity index is 2.98. The third-order valence-corrected chi connectivity index (χ3v) is 2.98. The van der Waals surface area contributed by atoms with Gasteiger partial charge in [0.25, 0.3) is 0 Å². The topological polar surface area (TPSA) is 75.6 Å². The van der Waals surface area contributed by atoms with Gasteiger partial charge in [0.1, 0.15) is 5.60 Å². The summed E-state index contributed by atoms with van der Waals surface area (Å²) in [5.41, 5.74) is -0.256. The molecular weight excluding hydrogens is 317 g/mol. The van der Waals surface area contributed by atoms with Gasteiger partial charge in [0, 0.05) is 10.0 Å². The number of nitrogens with one attached hydrogen (secondary N) is 1. The van der Waals surface area contributed by atoms with Crippen LogP contribution in [0.1, 0.15) is 38.8 Å². The number of carbonyl (C=O) groups excluding carboxylic acids is 1. The van der Waals surface area contributed by atoms with Gasteiger partial charge in [0.2, 0.25) is 0 Å². The van der Waals surface area contributed by atoms with E-state index in [2.05, 4.69) is 5.32 Å². The van der Waals surface area contributed by atoms with Gasteiger partial charge in [-0.15, -0.1) is 0 Å². The van der Waals surface area contributed by atoms with Crippen LogP contribution < -0.4 is 5.32 Å². The van der Waals surface area contributed by atoms with Gasteiger partial charge in [-0.05, 0) is 44.5 Å². The predicted octanol–water partition coefficient (Wildman–Crippen LogP) is 4.03. The van der Waals surface area contributed by atoms with Crippen LogP contribution in [-0.2, 0) is 9.53 Å². The number of carbonyl (C=O) groups is 2. The van der Waals surface area contributed by atoms with Crippen LogP contribution in [0.2, 0.25) is 10.0 Å². The molecule has 21 heavy (non-hydrogen) atoms. The summed E-state index contributed by atoms with van der Waals surface area (Å²) >= 11 is 11.9. The molecule has 0 fully saturated rings. The highest BCUT2D eigenvalue weighted by molar-refractivity contribution is 6.33. The van der Waals surface area contributed by atoms with Crippen molar-refractivity contribution in [2.45, 2.75) is 38.8 Å². The van der Waals surface area contributed by atoms with E-state index in [-0.39, 0.29) is 6.42 Å². The summed E-state index contributed by atoms with van der Waals surface area (Å²) in [4.78, 5) is 22.8. The smallest absolute Gasteiger partial charge is 0.408 e. The zero-order valence-electron chi connectivity index (χ0n) is 11.9. The lowest BCUT2D eigenvalue weighted by Gasteiger charge is -2.23. The Morgan fingerprint density at radius 2 is 1.95 bits per heavy atom.